The second-order valence-electron chi connectivity index (χ2n) is 10.4. The highest BCUT2D eigenvalue weighted by atomic mass is 16.5. The number of fused-ring (bicyclic) bond motifs is 1. The number of carbonyl (C=O) groups is 2. The lowest BCUT2D eigenvalue weighted by molar-refractivity contribution is -0.136. The zero-order valence-electron chi connectivity index (χ0n) is 21.9. The second-order valence-corrected chi connectivity index (χ2v) is 10.4. The first-order valence-corrected chi connectivity index (χ1v) is 13.2. The molecule has 8 nitrogen and oxygen atoms in total. The summed E-state index contributed by atoms with van der Waals surface area (Å²) in [5.41, 5.74) is 2.29. The van der Waals surface area contributed by atoms with Crippen LogP contribution in [0.5, 0.6) is 5.88 Å². The molecule has 0 saturated heterocycles. The van der Waals surface area contributed by atoms with Crippen molar-refractivity contribution >= 4 is 11.8 Å². The number of ether oxygens (including phenoxy) is 1. The third kappa shape index (κ3) is 5.94. The topological polar surface area (TPSA) is 107 Å². The molecular formula is C29H36N4O4. The maximum Gasteiger partial charge on any atom is 0.259 e. The average Bonchev–Trinajstić information content (AvgIpc) is 2.94. The van der Waals surface area contributed by atoms with Crippen molar-refractivity contribution in [1.82, 2.24) is 14.8 Å². The number of benzene rings is 1. The molecule has 1 aliphatic carbocycles. The molecule has 37 heavy (non-hydrogen) atoms. The smallest absolute Gasteiger partial charge is 0.259 e. The van der Waals surface area contributed by atoms with Gasteiger partial charge in [0.15, 0.2) is 0 Å². The van der Waals surface area contributed by atoms with Crippen molar-refractivity contribution in [3.63, 3.8) is 0 Å². The highest BCUT2D eigenvalue weighted by Crippen LogP contribution is 2.31. The first-order valence-electron chi connectivity index (χ1n) is 13.2. The number of pyridine rings is 1. The number of aliphatic hydroxyl groups excluding tert-OH is 1. The Morgan fingerprint density at radius 2 is 2.03 bits per heavy atom. The van der Waals surface area contributed by atoms with Crippen LogP contribution in [0.2, 0.25) is 0 Å². The minimum Gasteiger partial charge on any atom is -0.472 e. The van der Waals surface area contributed by atoms with Crippen molar-refractivity contribution in [3.8, 4) is 23.1 Å². The molecule has 2 aromatic rings. The van der Waals surface area contributed by atoms with Crippen molar-refractivity contribution in [1.29, 1.82) is 5.26 Å². The number of aliphatic hydroxyl groups is 1. The highest BCUT2D eigenvalue weighted by molar-refractivity contribution is 5.98. The number of aromatic nitrogens is 1. The Balaban J connectivity index is 1.66. The number of nitriles is 1. The molecule has 4 rings (SSSR count). The molecule has 2 aliphatic rings. The molecule has 0 bridgehead atoms. The molecule has 1 saturated carbocycles. The summed E-state index contributed by atoms with van der Waals surface area (Å²) in [7, 11) is 1.82. The van der Waals surface area contributed by atoms with E-state index in [1.165, 1.54) is 6.42 Å². The van der Waals surface area contributed by atoms with Crippen molar-refractivity contribution in [2.45, 2.75) is 58.1 Å². The van der Waals surface area contributed by atoms with Gasteiger partial charge in [-0.3, -0.25) is 9.59 Å². The van der Waals surface area contributed by atoms with E-state index in [0.717, 1.165) is 31.2 Å². The van der Waals surface area contributed by atoms with Gasteiger partial charge < -0.3 is 19.6 Å². The third-order valence-electron chi connectivity index (χ3n) is 7.63. The Labute approximate surface area is 218 Å². The number of hydrogen-bond donors (Lipinski definition) is 1. The number of rotatable bonds is 6. The molecule has 196 valence electrons. The Bertz CT molecular complexity index is 1170. The predicted molar refractivity (Wildman–Crippen MR) is 140 cm³/mol. The van der Waals surface area contributed by atoms with Crippen LogP contribution in [0.25, 0.3) is 11.1 Å². The number of nitrogens with zero attached hydrogens (tertiary/aromatic N) is 4. The fourth-order valence-corrected chi connectivity index (χ4v) is 5.27. The maximum atomic E-state index is 13.7. The quantitative estimate of drug-likeness (QED) is 0.640. The molecule has 0 spiro atoms. The molecule has 2 amide bonds. The predicted octanol–water partition coefficient (Wildman–Crippen LogP) is 3.88. The molecule has 2 heterocycles. The molecule has 1 aliphatic heterocycles. The van der Waals surface area contributed by atoms with Crippen LogP contribution in [0.15, 0.2) is 36.5 Å². The normalized spacial score (nSPS) is 21.2. The van der Waals surface area contributed by atoms with Crippen molar-refractivity contribution in [2.24, 2.45) is 11.8 Å². The van der Waals surface area contributed by atoms with E-state index in [4.69, 9.17) is 4.74 Å². The highest BCUT2D eigenvalue weighted by Gasteiger charge is 2.35. The summed E-state index contributed by atoms with van der Waals surface area (Å²) in [4.78, 5) is 34.8. The zero-order chi connectivity index (χ0) is 26.5. The largest absolute Gasteiger partial charge is 0.472 e. The summed E-state index contributed by atoms with van der Waals surface area (Å²) in [6.45, 7) is 4.41. The van der Waals surface area contributed by atoms with Gasteiger partial charge in [0.05, 0.1) is 30.8 Å². The lowest BCUT2D eigenvalue weighted by atomic mass is 9.88. The Hall–Kier alpha value is -3.44. The van der Waals surface area contributed by atoms with Crippen molar-refractivity contribution in [3.05, 3.63) is 47.7 Å². The van der Waals surface area contributed by atoms with Crippen LogP contribution >= 0.6 is 0 Å². The van der Waals surface area contributed by atoms with Gasteiger partial charge in [-0.2, -0.15) is 5.26 Å². The van der Waals surface area contributed by atoms with Gasteiger partial charge in [0, 0.05) is 37.2 Å². The Kier molecular flexibility index (Phi) is 8.45. The van der Waals surface area contributed by atoms with Gasteiger partial charge in [0.2, 0.25) is 11.8 Å². The summed E-state index contributed by atoms with van der Waals surface area (Å²) in [5.74, 6) is 0.0681. The van der Waals surface area contributed by atoms with Gasteiger partial charge in [-0.15, -0.1) is 0 Å². The average molecular weight is 505 g/mol. The maximum absolute atomic E-state index is 13.7. The summed E-state index contributed by atoms with van der Waals surface area (Å²) in [5, 5.41) is 19.2. The van der Waals surface area contributed by atoms with E-state index >= 15 is 0 Å². The number of amides is 2. The van der Waals surface area contributed by atoms with Gasteiger partial charge in [0.25, 0.3) is 5.91 Å². The van der Waals surface area contributed by atoms with Crippen LogP contribution in [-0.2, 0) is 4.79 Å². The van der Waals surface area contributed by atoms with Crippen LogP contribution in [0.3, 0.4) is 0 Å². The van der Waals surface area contributed by atoms with Crippen LogP contribution in [0.4, 0.5) is 0 Å². The monoisotopic (exact) mass is 504 g/mol. The van der Waals surface area contributed by atoms with Gasteiger partial charge in [0.1, 0.15) is 11.7 Å². The molecule has 1 aromatic heterocycles. The second kappa shape index (κ2) is 11.7. The third-order valence-corrected chi connectivity index (χ3v) is 7.63. The number of hydrogen-bond acceptors (Lipinski definition) is 6. The van der Waals surface area contributed by atoms with E-state index in [0.29, 0.717) is 29.8 Å². The Morgan fingerprint density at radius 3 is 2.73 bits per heavy atom. The fraction of sp³-hybridized carbons (Fsp3) is 0.517. The summed E-state index contributed by atoms with van der Waals surface area (Å²) < 4.78 is 6.36. The van der Waals surface area contributed by atoms with Crippen LogP contribution in [-0.4, -0.2) is 70.6 Å². The molecule has 3 atom stereocenters. The standard InChI is InChI=1S/C29H36N4O4/c1-19-16-33(20(2)18-34)29(36)25-13-24(23-11-7-8-21(12-23)14-30)15-31-27(25)37-26(19)17-32(3)28(35)22-9-5-4-6-10-22/h7-8,11-13,15,19-20,22,26,34H,4-6,9-10,16-18H2,1-3H3/t19-,20-,26-/m1/s1. The van der Waals surface area contributed by atoms with E-state index in [1.807, 2.05) is 27.0 Å². The first kappa shape index (κ1) is 26.6. The van der Waals surface area contributed by atoms with Crippen LogP contribution in [0.1, 0.15) is 61.9 Å². The molecule has 1 aromatic carbocycles. The fourth-order valence-electron chi connectivity index (χ4n) is 5.27. The van der Waals surface area contributed by atoms with E-state index in [9.17, 15) is 20.0 Å². The SMILES string of the molecule is C[C@@H]1CN([C@H](C)CO)C(=O)c2cc(-c3cccc(C#N)c3)cnc2O[C@@H]1CN(C)C(=O)C1CCCCC1. The summed E-state index contributed by atoms with van der Waals surface area (Å²) in [6, 6.07) is 10.6. The van der Waals surface area contributed by atoms with Gasteiger partial charge in [-0.25, -0.2) is 4.98 Å². The zero-order valence-corrected chi connectivity index (χ0v) is 21.9. The molecule has 1 N–H and O–H groups in total. The van der Waals surface area contributed by atoms with Crippen molar-refractivity contribution < 1.29 is 19.4 Å². The van der Waals surface area contributed by atoms with Gasteiger partial charge >= 0.3 is 0 Å². The minimum atomic E-state index is -0.395. The molecule has 1 fully saturated rings. The van der Waals surface area contributed by atoms with Crippen LogP contribution in [0, 0.1) is 23.2 Å². The molecular weight excluding hydrogens is 468 g/mol. The van der Waals surface area contributed by atoms with E-state index in [1.54, 1.807) is 40.3 Å². The molecule has 0 unspecified atom stereocenters. The molecule has 0 radical (unpaired) electrons. The Morgan fingerprint density at radius 1 is 1.27 bits per heavy atom. The van der Waals surface area contributed by atoms with Gasteiger partial charge in [-0.05, 0) is 43.5 Å². The number of carbonyl (C=O) groups excluding carboxylic acids is 2. The lowest BCUT2D eigenvalue weighted by Gasteiger charge is -2.38. The van der Waals surface area contributed by atoms with E-state index in [-0.39, 0.29) is 42.2 Å². The summed E-state index contributed by atoms with van der Waals surface area (Å²) >= 11 is 0. The first-order chi connectivity index (χ1) is 17.8. The van der Waals surface area contributed by atoms with Gasteiger partial charge in [-0.1, -0.05) is 38.3 Å². The molecule has 8 heteroatoms. The lowest BCUT2D eigenvalue weighted by Crippen LogP contribution is -2.51. The van der Waals surface area contributed by atoms with E-state index in [2.05, 4.69) is 11.1 Å². The van der Waals surface area contributed by atoms with Crippen molar-refractivity contribution in [2.75, 3.05) is 26.7 Å². The summed E-state index contributed by atoms with van der Waals surface area (Å²) in [6.07, 6.45) is 6.50. The van der Waals surface area contributed by atoms with E-state index < -0.39 is 6.04 Å². The minimum absolute atomic E-state index is 0.0623. The van der Waals surface area contributed by atoms with Crippen LogP contribution < -0.4 is 4.74 Å². The number of likely N-dealkylation sites (N-methyl/N-ethyl adjacent to an activating group) is 1.